The summed E-state index contributed by atoms with van der Waals surface area (Å²) in [6.45, 7) is 0. The maximum Gasteiger partial charge on any atom is 0.0541 e. The van der Waals surface area contributed by atoms with Crippen molar-refractivity contribution in [2.45, 2.75) is 0 Å². The molecule has 0 aliphatic carbocycles. The summed E-state index contributed by atoms with van der Waals surface area (Å²) in [6, 6.07) is 80.0. The van der Waals surface area contributed by atoms with Crippen LogP contribution in [0, 0.1) is 0 Å². The lowest BCUT2D eigenvalue weighted by Crippen LogP contribution is -1.95. The predicted molar refractivity (Wildman–Crippen MR) is 246 cm³/mol. The molecule has 0 saturated heterocycles. The Morgan fingerprint density at radius 2 is 0.672 bits per heavy atom. The number of fused-ring (bicyclic) bond motifs is 9. The van der Waals surface area contributed by atoms with Crippen molar-refractivity contribution in [1.82, 2.24) is 9.13 Å². The monoisotopic (exact) mass is 736 g/mol. The summed E-state index contributed by atoms with van der Waals surface area (Å²) < 4.78 is 4.84. The van der Waals surface area contributed by atoms with Crippen LogP contribution in [0.4, 0.5) is 0 Å². The lowest BCUT2D eigenvalue weighted by molar-refractivity contribution is 1.18. The molecule has 270 valence electrons. The smallest absolute Gasteiger partial charge is 0.0541 e. The third-order valence-corrected chi connectivity index (χ3v) is 12.1. The van der Waals surface area contributed by atoms with Crippen molar-refractivity contribution in [3.63, 3.8) is 0 Å². The molecule has 0 unspecified atom stereocenters. The first-order valence-corrected chi connectivity index (χ1v) is 20.0. The Labute approximate surface area is 336 Å². The third kappa shape index (κ3) is 5.05. The van der Waals surface area contributed by atoms with Crippen molar-refractivity contribution >= 4 is 65.2 Å². The van der Waals surface area contributed by atoms with Crippen LogP contribution in [0.25, 0.3) is 110 Å². The molecule has 2 heteroatoms. The fourth-order valence-electron chi connectivity index (χ4n) is 9.42. The molecule has 2 aromatic heterocycles. The van der Waals surface area contributed by atoms with Gasteiger partial charge in [-0.05, 0) is 122 Å². The van der Waals surface area contributed by atoms with Crippen molar-refractivity contribution in [2.75, 3.05) is 0 Å². The minimum Gasteiger partial charge on any atom is -0.309 e. The first-order chi connectivity index (χ1) is 28.8. The average Bonchev–Trinajstić information content (AvgIpc) is 3.81. The standard InChI is InChI=1S/C56H36N2/c1-2-14-37(15-3-1)38-17-12-19-43(32-38)57-53-26-10-8-24-48(53)51-34-39(28-30-55(51)57)40-29-31-56-52(35-40)49-25-9-11-27-54(49)58(56)44-20-13-18-41(33-44)50-36-42-16-4-5-21-45(42)46-22-6-7-23-47(46)50/h1-36H. The van der Waals surface area contributed by atoms with Crippen LogP contribution in [0.15, 0.2) is 218 Å². The second kappa shape index (κ2) is 12.9. The second-order valence-corrected chi connectivity index (χ2v) is 15.3. The Bertz CT molecular complexity index is 3570. The SMILES string of the molecule is c1ccc(-c2cccc(-n3c4ccccc4c4cc(-c5ccc6c(c5)c5ccccc5n6-c5cccc(-c6cc7ccccc7c7ccccc67)c5)ccc43)c2)cc1. The zero-order valence-corrected chi connectivity index (χ0v) is 31.7. The maximum absolute atomic E-state index is 2.43. The van der Waals surface area contributed by atoms with E-state index in [1.807, 2.05) is 0 Å². The topological polar surface area (TPSA) is 9.86 Å². The lowest BCUT2D eigenvalue weighted by atomic mass is 9.93. The normalized spacial score (nSPS) is 11.8. The van der Waals surface area contributed by atoms with E-state index in [4.69, 9.17) is 0 Å². The van der Waals surface area contributed by atoms with Gasteiger partial charge in [-0.2, -0.15) is 0 Å². The molecule has 0 spiro atoms. The van der Waals surface area contributed by atoms with Crippen LogP contribution >= 0.6 is 0 Å². The first-order valence-electron chi connectivity index (χ1n) is 20.0. The molecule has 0 radical (unpaired) electrons. The van der Waals surface area contributed by atoms with Gasteiger partial charge in [0.25, 0.3) is 0 Å². The molecule has 0 amide bonds. The average molecular weight is 737 g/mol. The molecule has 2 nitrogen and oxygen atoms in total. The van der Waals surface area contributed by atoms with E-state index >= 15 is 0 Å². The van der Waals surface area contributed by atoms with Gasteiger partial charge in [0.2, 0.25) is 0 Å². The van der Waals surface area contributed by atoms with Crippen LogP contribution in [0.2, 0.25) is 0 Å². The zero-order valence-electron chi connectivity index (χ0n) is 31.7. The van der Waals surface area contributed by atoms with Crippen molar-refractivity contribution < 1.29 is 0 Å². The first kappa shape index (κ1) is 32.6. The Hall–Kier alpha value is -7.68. The number of aromatic nitrogens is 2. The molecule has 10 aromatic carbocycles. The number of hydrogen-bond acceptors (Lipinski definition) is 0. The van der Waals surface area contributed by atoms with Crippen LogP contribution in [0.5, 0.6) is 0 Å². The van der Waals surface area contributed by atoms with Crippen molar-refractivity contribution in [3.8, 4) is 44.8 Å². The minimum absolute atomic E-state index is 1.15. The van der Waals surface area contributed by atoms with Crippen LogP contribution in [0.1, 0.15) is 0 Å². The van der Waals surface area contributed by atoms with Gasteiger partial charge in [0.1, 0.15) is 0 Å². The van der Waals surface area contributed by atoms with Crippen LogP contribution in [-0.4, -0.2) is 9.13 Å². The van der Waals surface area contributed by atoms with E-state index in [1.54, 1.807) is 0 Å². The summed E-state index contributed by atoms with van der Waals surface area (Å²) in [4.78, 5) is 0. The highest BCUT2D eigenvalue weighted by atomic mass is 15.0. The number of para-hydroxylation sites is 2. The second-order valence-electron chi connectivity index (χ2n) is 15.3. The van der Waals surface area contributed by atoms with Crippen molar-refractivity contribution in [3.05, 3.63) is 218 Å². The molecule has 58 heavy (non-hydrogen) atoms. The summed E-state index contributed by atoms with van der Waals surface area (Å²) >= 11 is 0. The van der Waals surface area contributed by atoms with Gasteiger partial charge in [-0.3, -0.25) is 0 Å². The Kier molecular flexibility index (Phi) is 7.26. The zero-order chi connectivity index (χ0) is 38.2. The highest BCUT2D eigenvalue weighted by molar-refractivity contribution is 6.15. The van der Waals surface area contributed by atoms with Gasteiger partial charge < -0.3 is 9.13 Å². The predicted octanol–water partition coefficient (Wildman–Crippen LogP) is 15.2. The van der Waals surface area contributed by atoms with Gasteiger partial charge in [-0.25, -0.2) is 0 Å². The summed E-state index contributed by atoms with van der Waals surface area (Å²) in [5.74, 6) is 0. The maximum atomic E-state index is 2.43. The highest BCUT2D eigenvalue weighted by Crippen LogP contribution is 2.40. The van der Waals surface area contributed by atoms with Gasteiger partial charge in [-0.15, -0.1) is 0 Å². The van der Waals surface area contributed by atoms with Gasteiger partial charge in [0.15, 0.2) is 0 Å². The fourth-order valence-corrected chi connectivity index (χ4v) is 9.42. The molecule has 0 atom stereocenters. The Morgan fingerprint density at radius 3 is 1.31 bits per heavy atom. The number of nitrogens with zero attached hydrogens (tertiary/aromatic N) is 2. The van der Waals surface area contributed by atoms with E-state index in [0.717, 1.165) is 11.4 Å². The van der Waals surface area contributed by atoms with Crippen molar-refractivity contribution in [2.24, 2.45) is 0 Å². The molecule has 0 N–H and O–H groups in total. The molecular formula is C56H36N2. The van der Waals surface area contributed by atoms with E-state index in [0.29, 0.717) is 0 Å². The van der Waals surface area contributed by atoms with Gasteiger partial charge in [-0.1, -0.05) is 152 Å². The van der Waals surface area contributed by atoms with E-state index in [1.165, 1.54) is 98.5 Å². The number of benzene rings is 10. The highest BCUT2D eigenvalue weighted by Gasteiger charge is 2.17. The molecular weight excluding hydrogens is 701 g/mol. The summed E-state index contributed by atoms with van der Waals surface area (Å²) in [6.07, 6.45) is 0. The Morgan fingerprint density at radius 1 is 0.224 bits per heavy atom. The Balaban J connectivity index is 0.995. The van der Waals surface area contributed by atoms with Gasteiger partial charge in [0, 0.05) is 32.9 Å². The van der Waals surface area contributed by atoms with E-state index in [2.05, 4.69) is 228 Å². The number of hydrogen-bond donors (Lipinski definition) is 0. The van der Waals surface area contributed by atoms with Crippen molar-refractivity contribution in [1.29, 1.82) is 0 Å². The lowest BCUT2D eigenvalue weighted by Gasteiger charge is -2.14. The molecule has 12 aromatic rings. The molecule has 0 bridgehead atoms. The number of rotatable bonds is 5. The quantitative estimate of drug-likeness (QED) is 0.156. The third-order valence-electron chi connectivity index (χ3n) is 12.1. The van der Waals surface area contributed by atoms with E-state index in [9.17, 15) is 0 Å². The van der Waals surface area contributed by atoms with E-state index < -0.39 is 0 Å². The van der Waals surface area contributed by atoms with Crippen LogP contribution < -0.4 is 0 Å². The molecule has 12 rings (SSSR count). The summed E-state index contributed by atoms with van der Waals surface area (Å²) in [5, 5.41) is 10.1. The summed E-state index contributed by atoms with van der Waals surface area (Å²) in [5.41, 5.74) is 14.4. The molecule has 0 aliphatic rings. The summed E-state index contributed by atoms with van der Waals surface area (Å²) in [7, 11) is 0. The van der Waals surface area contributed by atoms with Gasteiger partial charge >= 0.3 is 0 Å². The van der Waals surface area contributed by atoms with Gasteiger partial charge in [0.05, 0.1) is 22.1 Å². The minimum atomic E-state index is 1.15. The van der Waals surface area contributed by atoms with Crippen LogP contribution in [-0.2, 0) is 0 Å². The molecule has 0 saturated carbocycles. The molecule has 0 aliphatic heterocycles. The largest absolute Gasteiger partial charge is 0.309 e. The molecule has 2 heterocycles. The molecule has 0 fully saturated rings. The fraction of sp³-hybridized carbons (Fsp3) is 0. The van der Waals surface area contributed by atoms with E-state index in [-0.39, 0.29) is 0 Å². The van der Waals surface area contributed by atoms with Crippen LogP contribution in [0.3, 0.4) is 0 Å².